The highest BCUT2D eigenvalue weighted by atomic mass is 16.3. The van der Waals surface area contributed by atoms with Gasteiger partial charge in [-0.25, -0.2) is 0 Å². The van der Waals surface area contributed by atoms with Crippen molar-refractivity contribution in [2.24, 2.45) is 0 Å². The Balaban J connectivity index is 1.73. The normalized spacial score (nSPS) is 13.0. The van der Waals surface area contributed by atoms with Crippen LogP contribution >= 0.6 is 0 Å². The summed E-state index contributed by atoms with van der Waals surface area (Å²) >= 11 is 0. The molecule has 0 saturated heterocycles. The summed E-state index contributed by atoms with van der Waals surface area (Å²) in [6.07, 6.45) is 3.40. The molecule has 0 unspecified atom stereocenters. The van der Waals surface area contributed by atoms with E-state index >= 15 is 0 Å². The van der Waals surface area contributed by atoms with Gasteiger partial charge < -0.3 is 10.0 Å². The SMILES string of the molecule is CN(Cc1ccc(O)cc1)C(=O)c1ccc2c(c1)CCC2. The molecule has 2 aromatic carbocycles. The number of amides is 1. The van der Waals surface area contributed by atoms with Crippen molar-refractivity contribution in [3.63, 3.8) is 0 Å². The molecule has 21 heavy (non-hydrogen) atoms. The predicted molar refractivity (Wildman–Crippen MR) is 82.4 cm³/mol. The zero-order chi connectivity index (χ0) is 14.8. The van der Waals surface area contributed by atoms with Crippen LogP contribution in [0.1, 0.15) is 33.5 Å². The van der Waals surface area contributed by atoms with Gasteiger partial charge >= 0.3 is 0 Å². The molecule has 1 aliphatic rings. The molecule has 0 aliphatic heterocycles. The molecule has 1 amide bonds. The van der Waals surface area contributed by atoms with Gasteiger partial charge in [-0.2, -0.15) is 0 Å². The minimum absolute atomic E-state index is 0.0396. The van der Waals surface area contributed by atoms with Crippen LogP contribution in [0.15, 0.2) is 42.5 Å². The molecule has 3 nitrogen and oxygen atoms in total. The van der Waals surface area contributed by atoms with Crippen LogP contribution in [-0.4, -0.2) is 23.0 Å². The van der Waals surface area contributed by atoms with Gasteiger partial charge in [-0.1, -0.05) is 18.2 Å². The van der Waals surface area contributed by atoms with Crippen molar-refractivity contribution >= 4 is 5.91 Å². The molecule has 0 atom stereocenters. The van der Waals surface area contributed by atoms with Crippen molar-refractivity contribution in [1.82, 2.24) is 4.90 Å². The Hall–Kier alpha value is -2.29. The molecule has 108 valence electrons. The highest BCUT2D eigenvalue weighted by Crippen LogP contribution is 2.23. The van der Waals surface area contributed by atoms with Gasteiger partial charge in [0.1, 0.15) is 5.75 Å². The van der Waals surface area contributed by atoms with E-state index in [-0.39, 0.29) is 11.7 Å². The lowest BCUT2D eigenvalue weighted by molar-refractivity contribution is 0.0785. The van der Waals surface area contributed by atoms with Crippen LogP contribution in [0.3, 0.4) is 0 Å². The maximum Gasteiger partial charge on any atom is 0.253 e. The predicted octanol–water partition coefficient (Wildman–Crippen LogP) is 3.15. The Morgan fingerprint density at radius 2 is 1.81 bits per heavy atom. The number of hydrogen-bond donors (Lipinski definition) is 1. The molecule has 0 radical (unpaired) electrons. The van der Waals surface area contributed by atoms with Crippen LogP contribution in [-0.2, 0) is 19.4 Å². The van der Waals surface area contributed by atoms with Crippen molar-refractivity contribution in [3.8, 4) is 5.75 Å². The number of carbonyl (C=O) groups is 1. The molecule has 3 rings (SSSR count). The van der Waals surface area contributed by atoms with Crippen LogP contribution in [0, 0.1) is 0 Å². The second-order valence-corrected chi connectivity index (χ2v) is 5.66. The van der Waals surface area contributed by atoms with Gasteiger partial charge in [0.05, 0.1) is 0 Å². The number of benzene rings is 2. The molecular weight excluding hydrogens is 262 g/mol. The van der Waals surface area contributed by atoms with E-state index in [9.17, 15) is 9.90 Å². The van der Waals surface area contributed by atoms with E-state index in [1.54, 1.807) is 17.0 Å². The first-order chi connectivity index (χ1) is 10.1. The van der Waals surface area contributed by atoms with Gasteiger partial charge in [-0.05, 0) is 60.2 Å². The third-order valence-corrected chi connectivity index (χ3v) is 4.05. The maximum absolute atomic E-state index is 12.5. The van der Waals surface area contributed by atoms with E-state index in [1.165, 1.54) is 17.5 Å². The monoisotopic (exact) mass is 281 g/mol. The fourth-order valence-electron chi connectivity index (χ4n) is 2.87. The van der Waals surface area contributed by atoms with Crippen LogP contribution in [0.5, 0.6) is 5.75 Å². The summed E-state index contributed by atoms with van der Waals surface area (Å²) in [5.41, 5.74) is 4.47. The van der Waals surface area contributed by atoms with Crippen molar-refractivity contribution in [1.29, 1.82) is 0 Å². The Kier molecular flexibility index (Phi) is 3.65. The fraction of sp³-hybridized carbons (Fsp3) is 0.278. The van der Waals surface area contributed by atoms with Gasteiger partial charge in [0.15, 0.2) is 0 Å². The molecule has 0 heterocycles. The number of rotatable bonds is 3. The zero-order valence-corrected chi connectivity index (χ0v) is 12.2. The first kappa shape index (κ1) is 13.7. The lowest BCUT2D eigenvalue weighted by atomic mass is 10.1. The Morgan fingerprint density at radius 3 is 2.57 bits per heavy atom. The van der Waals surface area contributed by atoms with Crippen LogP contribution < -0.4 is 0 Å². The lowest BCUT2D eigenvalue weighted by Crippen LogP contribution is -2.26. The van der Waals surface area contributed by atoms with Gasteiger partial charge in [0.25, 0.3) is 5.91 Å². The Labute approximate surface area is 124 Å². The topological polar surface area (TPSA) is 40.5 Å². The highest BCUT2D eigenvalue weighted by molar-refractivity contribution is 5.94. The van der Waals surface area contributed by atoms with Gasteiger partial charge in [0, 0.05) is 19.2 Å². The minimum atomic E-state index is 0.0396. The van der Waals surface area contributed by atoms with E-state index in [1.807, 2.05) is 31.3 Å². The minimum Gasteiger partial charge on any atom is -0.508 e. The summed E-state index contributed by atoms with van der Waals surface area (Å²) in [5.74, 6) is 0.282. The largest absolute Gasteiger partial charge is 0.508 e. The number of phenols is 1. The summed E-state index contributed by atoms with van der Waals surface area (Å²) < 4.78 is 0. The number of nitrogens with zero attached hydrogens (tertiary/aromatic N) is 1. The van der Waals surface area contributed by atoms with Crippen molar-refractivity contribution in [2.45, 2.75) is 25.8 Å². The van der Waals surface area contributed by atoms with Crippen molar-refractivity contribution < 1.29 is 9.90 Å². The number of fused-ring (bicyclic) bond motifs is 1. The second-order valence-electron chi connectivity index (χ2n) is 5.66. The number of aromatic hydroxyl groups is 1. The summed E-state index contributed by atoms with van der Waals surface area (Å²) in [6, 6.07) is 13.0. The second kappa shape index (κ2) is 5.60. The van der Waals surface area contributed by atoms with Gasteiger partial charge in [-0.15, -0.1) is 0 Å². The fourth-order valence-corrected chi connectivity index (χ4v) is 2.87. The molecule has 3 heteroatoms. The Bertz CT molecular complexity index is 661. The summed E-state index contributed by atoms with van der Waals surface area (Å²) in [4.78, 5) is 14.2. The average molecular weight is 281 g/mol. The number of phenolic OH excluding ortho intramolecular Hbond substituents is 1. The molecule has 0 fully saturated rings. The van der Waals surface area contributed by atoms with Crippen molar-refractivity contribution in [3.05, 3.63) is 64.7 Å². The lowest BCUT2D eigenvalue weighted by Gasteiger charge is -2.18. The third-order valence-electron chi connectivity index (χ3n) is 4.05. The molecular formula is C18H19NO2. The molecule has 1 N–H and O–H groups in total. The average Bonchev–Trinajstić information content (AvgIpc) is 2.96. The van der Waals surface area contributed by atoms with Crippen molar-refractivity contribution in [2.75, 3.05) is 7.05 Å². The number of aryl methyl sites for hydroxylation is 2. The standard InChI is InChI=1S/C18H19NO2/c1-19(12-13-5-9-17(20)10-6-13)18(21)16-8-7-14-3-2-4-15(14)11-16/h5-11,20H,2-4,12H2,1H3. The number of hydrogen-bond acceptors (Lipinski definition) is 2. The molecule has 0 spiro atoms. The third kappa shape index (κ3) is 2.92. The highest BCUT2D eigenvalue weighted by Gasteiger charge is 2.16. The van der Waals surface area contributed by atoms with Gasteiger partial charge in [-0.3, -0.25) is 4.79 Å². The van der Waals surface area contributed by atoms with E-state index in [0.29, 0.717) is 6.54 Å². The van der Waals surface area contributed by atoms with Gasteiger partial charge in [0.2, 0.25) is 0 Å². The Morgan fingerprint density at radius 1 is 1.10 bits per heavy atom. The zero-order valence-electron chi connectivity index (χ0n) is 12.2. The molecule has 0 aromatic heterocycles. The molecule has 1 aliphatic carbocycles. The van der Waals surface area contributed by atoms with Crippen LogP contribution in [0.25, 0.3) is 0 Å². The molecule has 2 aromatic rings. The summed E-state index contributed by atoms with van der Waals surface area (Å²) in [6.45, 7) is 0.538. The van der Waals surface area contributed by atoms with E-state index < -0.39 is 0 Å². The van der Waals surface area contributed by atoms with E-state index in [4.69, 9.17) is 0 Å². The van der Waals surface area contributed by atoms with E-state index in [0.717, 1.165) is 24.0 Å². The smallest absolute Gasteiger partial charge is 0.253 e. The number of carbonyl (C=O) groups excluding carboxylic acids is 1. The van der Waals surface area contributed by atoms with Crippen LogP contribution in [0.4, 0.5) is 0 Å². The first-order valence-electron chi connectivity index (χ1n) is 7.28. The molecule has 0 saturated carbocycles. The summed E-state index contributed by atoms with van der Waals surface area (Å²) in [5, 5.41) is 9.29. The quantitative estimate of drug-likeness (QED) is 0.939. The first-order valence-corrected chi connectivity index (χ1v) is 7.28. The summed E-state index contributed by atoms with van der Waals surface area (Å²) in [7, 11) is 1.81. The van der Waals surface area contributed by atoms with E-state index in [2.05, 4.69) is 6.07 Å². The molecule has 0 bridgehead atoms. The maximum atomic E-state index is 12.5. The van der Waals surface area contributed by atoms with Crippen LogP contribution in [0.2, 0.25) is 0 Å².